The summed E-state index contributed by atoms with van der Waals surface area (Å²) in [5.41, 5.74) is 0. The molecule has 1 heterocycles. The Balaban J connectivity index is 2.21. The highest BCUT2D eigenvalue weighted by molar-refractivity contribution is 4.77. The molecule has 0 aromatic rings. The fourth-order valence-corrected chi connectivity index (χ4v) is 2.77. The number of likely N-dealkylation sites (N-methyl/N-ethyl adjacent to an activating group) is 1. The van der Waals surface area contributed by atoms with Crippen LogP contribution in [0.15, 0.2) is 0 Å². The SMILES string of the molecule is CCC1CN(C)CCCN1CCCNCC(C)C. The third-order valence-electron chi connectivity index (χ3n) is 3.85. The molecule has 0 amide bonds. The van der Waals surface area contributed by atoms with E-state index in [9.17, 15) is 0 Å². The van der Waals surface area contributed by atoms with Crippen LogP contribution in [0, 0.1) is 5.92 Å². The Bertz CT molecular complexity index is 206. The average molecular weight is 255 g/mol. The number of nitrogens with one attached hydrogen (secondary N) is 1. The van der Waals surface area contributed by atoms with Crippen LogP contribution in [0.4, 0.5) is 0 Å². The van der Waals surface area contributed by atoms with Gasteiger partial charge in [0.15, 0.2) is 0 Å². The zero-order valence-electron chi connectivity index (χ0n) is 12.9. The maximum Gasteiger partial charge on any atom is 0.0220 e. The predicted octanol–water partition coefficient (Wildman–Crippen LogP) is 2.04. The molecule has 1 saturated heterocycles. The normalized spacial score (nSPS) is 23.5. The van der Waals surface area contributed by atoms with E-state index in [2.05, 4.69) is 42.9 Å². The second kappa shape index (κ2) is 8.89. The molecule has 1 aliphatic rings. The van der Waals surface area contributed by atoms with Crippen molar-refractivity contribution in [3.63, 3.8) is 0 Å². The smallest absolute Gasteiger partial charge is 0.0220 e. The van der Waals surface area contributed by atoms with Crippen LogP contribution in [0.2, 0.25) is 0 Å². The first-order valence-electron chi connectivity index (χ1n) is 7.76. The minimum atomic E-state index is 0.764. The van der Waals surface area contributed by atoms with Gasteiger partial charge in [-0.25, -0.2) is 0 Å². The number of hydrogen-bond donors (Lipinski definition) is 1. The van der Waals surface area contributed by atoms with Crippen molar-refractivity contribution in [3.05, 3.63) is 0 Å². The van der Waals surface area contributed by atoms with Crippen molar-refractivity contribution >= 4 is 0 Å². The molecule has 1 unspecified atom stereocenters. The second-order valence-electron chi connectivity index (χ2n) is 6.17. The molecule has 0 spiro atoms. The number of nitrogens with zero attached hydrogens (tertiary/aromatic N) is 2. The van der Waals surface area contributed by atoms with Crippen molar-refractivity contribution < 1.29 is 0 Å². The van der Waals surface area contributed by atoms with Crippen LogP contribution < -0.4 is 5.32 Å². The van der Waals surface area contributed by atoms with E-state index in [4.69, 9.17) is 0 Å². The molecule has 18 heavy (non-hydrogen) atoms. The minimum absolute atomic E-state index is 0.764. The summed E-state index contributed by atoms with van der Waals surface area (Å²) in [5.74, 6) is 0.764. The van der Waals surface area contributed by atoms with E-state index in [1.165, 1.54) is 52.0 Å². The van der Waals surface area contributed by atoms with Gasteiger partial charge in [-0.3, -0.25) is 4.90 Å². The molecule has 3 heteroatoms. The summed E-state index contributed by atoms with van der Waals surface area (Å²) in [7, 11) is 2.26. The molecular formula is C15H33N3. The van der Waals surface area contributed by atoms with Crippen molar-refractivity contribution in [1.82, 2.24) is 15.1 Å². The van der Waals surface area contributed by atoms with Crippen LogP contribution in [0.5, 0.6) is 0 Å². The highest BCUT2D eigenvalue weighted by Crippen LogP contribution is 2.12. The Hall–Kier alpha value is -0.120. The quantitative estimate of drug-likeness (QED) is 0.702. The first-order chi connectivity index (χ1) is 8.63. The van der Waals surface area contributed by atoms with E-state index in [-0.39, 0.29) is 0 Å². The summed E-state index contributed by atoms with van der Waals surface area (Å²) >= 11 is 0. The lowest BCUT2D eigenvalue weighted by Crippen LogP contribution is -2.41. The molecule has 108 valence electrons. The van der Waals surface area contributed by atoms with Crippen LogP contribution >= 0.6 is 0 Å². The Morgan fingerprint density at radius 2 is 2.06 bits per heavy atom. The van der Waals surface area contributed by atoms with Crippen LogP contribution in [0.25, 0.3) is 0 Å². The Morgan fingerprint density at radius 1 is 1.28 bits per heavy atom. The molecule has 1 fully saturated rings. The van der Waals surface area contributed by atoms with Crippen LogP contribution in [-0.2, 0) is 0 Å². The van der Waals surface area contributed by atoms with Gasteiger partial charge in [0.25, 0.3) is 0 Å². The predicted molar refractivity (Wildman–Crippen MR) is 80.1 cm³/mol. The van der Waals surface area contributed by atoms with Crippen molar-refractivity contribution in [1.29, 1.82) is 0 Å². The maximum atomic E-state index is 3.54. The summed E-state index contributed by atoms with van der Waals surface area (Å²) in [4.78, 5) is 5.20. The molecule has 1 aliphatic heterocycles. The van der Waals surface area contributed by atoms with E-state index in [1.807, 2.05) is 0 Å². The molecule has 0 aliphatic carbocycles. The molecule has 0 bridgehead atoms. The molecule has 0 aromatic heterocycles. The molecule has 1 N–H and O–H groups in total. The van der Waals surface area contributed by atoms with Gasteiger partial charge in [-0.2, -0.15) is 0 Å². The topological polar surface area (TPSA) is 18.5 Å². The maximum absolute atomic E-state index is 3.54. The van der Waals surface area contributed by atoms with Crippen molar-refractivity contribution in [3.8, 4) is 0 Å². The lowest BCUT2D eigenvalue weighted by molar-refractivity contribution is 0.181. The standard InChI is InChI=1S/C15H33N3/c1-5-15-13-17(4)9-7-11-18(15)10-6-8-16-12-14(2)3/h14-16H,5-13H2,1-4H3. The Kier molecular flexibility index (Phi) is 7.87. The third-order valence-corrected chi connectivity index (χ3v) is 3.85. The summed E-state index contributed by atoms with van der Waals surface area (Å²) in [5, 5.41) is 3.54. The van der Waals surface area contributed by atoms with Gasteiger partial charge < -0.3 is 10.2 Å². The van der Waals surface area contributed by atoms with E-state index in [0.29, 0.717) is 0 Å². The molecule has 0 saturated carbocycles. The van der Waals surface area contributed by atoms with Crippen molar-refractivity contribution in [2.24, 2.45) is 5.92 Å². The molecule has 3 nitrogen and oxygen atoms in total. The number of hydrogen-bond acceptors (Lipinski definition) is 3. The summed E-state index contributed by atoms with van der Waals surface area (Å²) in [6, 6.07) is 0.766. The molecule has 0 aromatic carbocycles. The van der Waals surface area contributed by atoms with Crippen molar-refractivity contribution in [2.45, 2.75) is 46.1 Å². The van der Waals surface area contributed by atoms with Gasteiger partial charge in [-0.05, 0) is 65.0 Å². The van der Waals surface area contributed by atoms with Crippen LogP contribution in [0.1, 0.15) is 40.0 Å². The van der Waals surface area contributed by atoms with Crippen LogP contribution in [-0.4, -0.2) is 62.2 Å². The van der Waals surface area contributed by atoms with E-state index in [1.54, 1.807) is 0 Å². The largest absolute Gasteiger partial charge is 0.316 e. The third kappa shape index (κ3) is 6.17. The summed E-state index contributed by atoms with van der Waals surface area (Å²) < 4.78 is 0. The van der Waals surface area contributed by atoms with Crippen LogP contribution in [0.3, 0.4) is 0 Å². The van der Waals surface area contributed by atoms with E-state index < -0.39 is 0 Å². The molecule has 1 atom stereocenters. The summed E-state index contributed by atoms with van der Waals surface area (Å²) in [6.45, 7) is 14.2. The average Bonchev–Trinajstić information content (AvgIpc) is 2.50. The Morgan fingerprint density at radius 3 is 2.72 bits per heavy atom. The van der Waals surface area contributed by atoms with E-state index in [0.717, 1.165) is 18.5 Å². The lowest BCUT2D eigenvalue weighted by Gasteiger charge is -2.30. The second-order valence-corrected chi connectivity index (χ2v) is 6.17. The van der Waals surface area contributed by atoms with Gasteiger partial charge in [0, 0.05) is 12.6 Å². The lowest BCUT2D eigenvalue weighted by atomic mass is 10.1. The molecule has 0 radical (unpaired) electrons. The van der Waals surface area contributed by atoms with Crippen molar-refractivity contribution in [2.75, 3.05) is 46.3 Å². The van der Waals surface area contributed by atoms with Gasteiger partial charge in [0.05, 0.1) is 0 Å². The highest BCUT2D eigenvalue weighted by Gasteiger charge is 2.20. The highest BCUT2D eigenvalue weighted by atomic mass is 15.2. The van der Waals surface area contributed by atoms with Gasteiger partial charge in [0.2, 0.25) is 0 Å². The fourth-order valence-electron chi connectivity index (χ4n) is 2.77. The Labute approximate surface area is 114 Å². The monoisotopic (exact) mass is 255 g/mol. The minimum Gasteiger partial charge on any atom is -0.316 e. The number of rotatable bonds is 7. The zero-order chi connectivity index (χ0) is 13.4. The van der Waals surface area contributed by atoms with Gasteiger partial charge in [-0.1, -0.05) is 20.8 Å². The van der Waals surface area contributed by atoms with Gasteiger partial charge in [-0.15, -0.1) is 0 Å². The first kappa shape index (κ1) is 15.9. The molecular weight excluding hydrogens is 222 g/mol. The zero-order valence-corrected chi connectivity index (χ0v) is 12.9. The molecule has 1 rings (SSSR count). The van der Waals surface area contributed by atoms with Gasteiger partial charge in [0.1, 0.15) is 0 Å². The summed E-state index contributed by atoms with van der Waals surface area (Å²) in [6.07, 6.45) is 3.89. The van der Waals surface area contributed by atoms with Gasteiger partial charge >= 0.3 is 0 Å². The van der Waals surface area contributed by atoms with E-state index >= 15 is 0 Å². The fraction of sp³-hybridized carbons (Fsp3) is 1.00. The first-order valence-corrected chi connectivity index (χ1v) is 7.76.